The van der Waals surface area contributed by atoms with Crippen LogP contribution in [-0.2, 0) is 7.05 Å². The van der Waals surface area contributed by atoms with Crippen LogP contribution in [0.5, 0.6) is 0 Å². The van der Waals surface area contributed by atoms with Crippen molar-refractivity contribution in [1.82, 2.24) is 9.78 Å². The van der Waals surface area contributed by atoms with Crippen molar-refractivity contribution in [3.05, 3.63) is 36.0 Å². The van der Waals surface area contributed by atoms with Gasteiger partial charge in [-0.15, -0.1) is 0 Å². The van der Waals surface area contributed by atoms with E-state index in [0.29, 0.717) is 18.2 Å². The van der Waals surface area contributed by atoms with Gasteiger partial charge < -0.3 is 14.8 Å². The molecule has 2 heterocycles. The van der Waals surface area contributed by atoms with Crippen LogP contribution >= 0.6 is 0 Å². The Morgan fingerprint density at radius 3 is 2.89 bits per heavy atom. The van der Waals surface area contributed by atoms with Crippen LogP contribution in [0.4, 0.5) is 5.69 Å². The number of nitrogens with zero attached hydrogens (tertiary/aromatic N) is 2. The van der Waals surface area contributed by atoms with Crippen LogP contribution in [0.15, 0.2) is 29.0 Å². The molecule has 0 aliphatic carbocycles. The topological polar surface area (TPSA) is 63.2 Å². The minimum Gasteiger partial charge on any atom is -0.467 e. The molecule has 0 saturated carbocycles. The first kappa shape index (κ1) is 12.7. The van der Waals surface area contributed by atoms with Gasteiger partial charge >= 0.3 is 0 Å². The highest BCUT2D eigenvalue weighted by Crippen LogP contribution is 2.23. The minimum atomic E-state index is -0.653. The molecule has 0 spiro atoms. The van der Waals surface area contributed by atoms with E-state index in [1.807, 2.05) is 13.2 Å². The number of aromatic nitrogens is 2. The van der Waals surface area contributed by atoms with Gasteiger partial charge in [0, 0.05) is 19.8 Å². The fourth-order valence-electron chi connectivity index (χ4n) is 1.86. The average molecular weight is 249 g/mol. The number of nitrogens with one attached hydrogen (secondary N) is 1. The zero-order valence-electron chi connectivity index (χ0n) is 10.9. The summed E-state index contributed by atoms with van der Waals surface area (Å²) < 4.78 is 6.93. The largest absolute Gasteiger partial charge is 0.467 e. The van der Waals surface area contributed by atoms with Crippen molar-refractivity contribution in [2.45, 2.75) is 25.9 Å². The van der Waals surface area contributed by atoms with Crippen LogP contribution in [-0.4, -0.2) is 21.4 Å². The van der Waals surface area contributed by atoms with E-state index in [0.717, 1.165) is 11.4 Å². The van der Waals surface area contributed by atoms with Gasteiger partial charge in [-0.2, -0.15) is 5.10 Å². The quantitative estimate of drug-likeness (QED) is 0.853. The van der Waals surface area contributed by atoms with Gasteiger partial charge in [-0.3, -0.25) is 4.68 Å². The molecule has 0 aliphatic heterocycles. The highest BCUT2D eigenvalue weighted by atomic mass is 16.4. The fraction of sp³-hybridized carbons (Fsp3) is 0.462. The zero-order valence-corrected chi connectivity index (χ0v) is 10.9. The molecule has 2 aromatic rings. The lowest BCUT2D eigenvalue weighted by atomic mass is 10.1. The van der Waals surface area contributed by atoms with Gasteiger partial charge in [0.1, 0.15) is 11.9 Å². The predicted molar refractivity (Wildman–Crippen MR) is 69.5 cm³/mol. The molecule has 2 rings (SSSR count). The second-order valence-corrected chi connectivity index (χ2v) is 4.67. The standard InChI is InChI=1S/C13H19N3O2/c1-9(2)13-10(8-16(3)15-13)14-7-11(17)12-5-4-6-18-12/h4-6,8-9,11,14,17H,7H2,1-3H3. The summed E-state index contributed by atoms with van der Waals surface area (Å²) in [6.45, 7) is 4.59. The third-order valence-corrected chi connectivity index (χ3v) is 2.76. The number of aliphatic hydroxyl groups is 1. The van der Waals surface area contributed by atoms with E-state index in [2.05, 4.69) is 24.3 Å². The molecule has 0 bridgehead atoms. The molecule has 0 fully saturated rings. The van der Waals surface area contributed by atoms with Gasteiger partial charge in [-0.05, 0) is 18.1 Å². The van der Waals surface area contributed by atoms with E-state index in [9.17, 15) is 5.11 Å². The Morgan fingerprint density at radius 2 is 2.28 bits per heavy atom. The molecule has 2 N–H and O–H groups in total. The summed E-state index contributed by atoms with van der Waals surface area (Å²) in [5.74, 6) is 0.909. The summed E-state index contributed by atoms with van der Waals surface area (Å²) in [4.78, 5) is 0. The summed E-state index contributed by atoms with van der Waals surface area (Å²) in [6.07, 6.45) is 2.83. The fourth-order valence-corrected chi connectivity index (χ4v) is 1.86. The Labute approximate surface area is 106 Å². The monoisotopic (exact) mass is 249 g/mol. The maximum absolute atomic E-state index is 9.92. The van der Waals surface area contributed by atoms with Crippen molar-refractivity contribution < 1.29 is 9.52 Å². The van der Waals surface area contributed by atoms with E-state index in [1.54, 1.807) is 23.1 Å². The molecule has 1 atom stereocenters. The molecule has 0 aliphatic rings. The van der Waals surface area contributed by atoms with Gasteiger partial charge in [0.15, 0.2) is 0 Å². The normalized spacial score (nSPS) is 12.9. The molecule has 1 unspecified atom stereocenters. The number of anilines is 1. The maximum Gasteiger partial charge on any atom is 0.134 e. The summed E-state index contributed by atoms with van der Waals surface area (Å²) >= 11 is 0. The van der Waals surface area contributed by atoms with Crippen molar-refractivity contribution in [3.8, 4) is 0 Å². The Kier molecular flexibility index (Phi) is 3.72. The molecular formula is C13H19N3O2. The molecule has 0 aromatic carbocycles. The van der Waals surface area contributed by atoms with Gasteiger partial charge in [0.05, 0.1) is 17.6 Å². The van der Waals surface area contributed by atoms with Crippen LogP contribution in [0.1, 0.15) is 37.3 Å². The molecule has 18 heavy (non-hydrogen) atoms. The summed E-state index contributed by atoms with van der Waals surface area (Å²) in [6, 6.07) is 3.53. The van der Waals surface area contributed by atoms with Crippen LogP contribution < -0.4 is 5.32 Å². The molecule has 0 amide bonds. The molecule has 5 heteroatoms. The number of aliphatic hydroxyl groups excluding tert-OH is 1. The maximum atomic E-state index is 9.92. The first-order valence-corrected chi connectivity index (χ1v) is 6.06. The SMILES string of the molecule is CC(C)c1nn(C)cc1NCC(O)c1ccco1. The molecule has 0 saturated heterocycles. The molecule has 98 valence electrons. The van der Waals surface area contributed by atoms with Crippen LogP contribution in [0.2, 0.25) is 0 Å². The Balaban J connectivity index is 2.02. The van der Waals surface area contributed by atoms with E-state index in [1.165, 1.54) is 0 Å². The van der Waals surface area contributed by atoms with E-state index in [4.69, 9.17) is 4.42 Å². The first-order chi connectivity index (χ1) is 8.58. The van der Waals surface area contributed by atoms with Crippen LogP contribution in [0.25, 0.3) is 0 Å². The van der Waals surface area contributed by atoms with Gasteiger partial charge in [-0.25, -0.2) is 0 Å². The van der Waals surface area contributed by atoms with Crippen molar-refractivity contribution in [1.29, 1.82) is 0 Å². The van der Waals surface area contributed by atoms with Crippen molar-refractivity contribution in [2.75, 3.05) is 11.9 Å². The molecule has 5 nitrogen and oxygen atoms in total. The average Bonchev–Trinajstić information content (AvgIpc) is 2.94. The van der Waals surface area contributed by atoms with Crippen molar-refractivity contribution >= 4 is 5.69 Å². The minimum absolute atomic E-state index is 0.342. The zero-order chi connectivity index (χ0) is 13.1. The van der Waals surface area contributed by atoms with Crippen LogP contribution in [0, 0.1) is 0 Å². The van der Waals surface area contributed by atoms with E-state index < -0.39 is 6.10 Å². The highest BCUT2D eigenvalue weighted by molar-refractivity contribution is 5.47. The molecular weight excluding hydrogens is 230 g/mol. The smallest absolute Gasteiger partial charge is 0.134 e. The summed E-state index contributed by atoms with van der Waals surface area (Å²) in [5.41, 5.74) is 1.96. The summed E-state index contributed by atoms with van der Waals surface area (Å²) in [5, 5.41) is 17.5. The number of rotatable bonds is 5. The lowest BCUT2D eigenvalue weighted by molar-refractivity contribution is 0.162. The number of furan rings is 1. The lowest BCUT2D eigenvalue weighted by Gasteiger charge is -2.11. The highest BCUT2D eigenvalue weighted by Gasteiger charge is 2.14. The number of hydrogen-bond donors (Lipinski definition) is 2. The number of aryl methyl sites for hydroxylation is 1. The third kappa shape index (κ3) is 2.73. The van der Waals surface area contributed by atoms with E-state index >= 15 is 0 Å². The second kappa shape index (κ2) is 5.27. The van der Waals surface area contributed by atoms with E-state index in [-0.39, 0.29) is 0 Å². The first-order valence-electron chi connectivity index (χ1n) is 6.06. The Bertz CT molecular complexity index is 488. The van der Waals surface area contributed by atoms with Gasteiger partial charge in [-0.1, -0.05) is 13.8 Å². The van der Waals surface area contributed by atoms with Crippen molar-refractivity contribution in [3.63, 3.8) is 0 Å². The predicted octanol–water partition coefficient (Wildman–Crippen LogP) is 2.28. The lowest BCUT2D eigenvalue weighted by Crippen LogP contribution is -2.12. The van der Waals surface area contributed by atoms with Crippen LogP contribution in [0.3, 0.4) is 0 Å². The van der Waals surface area contributed by atoms with Gasteiger partial charge in [0.25, 0.3) is 0 Å². The second-order valence-electron chi connectivity index (χ2n) is 4.67. The Hall–Kier alpha value is -1.75. The molecule has 0 radical (unpaired) electrons. The third-order valence-electron chi connectivity index (χ3n) is 2.76. The Morgan fingerprint density at radius 1 is 1.50 bits per heavy atom. The molecule has 2 aromatic heterocycles. The number of hydrogen-bond acceptors (Lipinski definition) is 4. The summed E-state index contributed by atoms with van der Waals surface area (Å²) in [7, 11) is 1.89. The van der Waals surface area contributed by atoms with Gasteiger partial charge in [0.2, 0.25) is 0 Å². The van der Waals surface area contributed by atoms with Crippen molar-refractivity contribution in [2.24, 2.45) is 7.05 Å².